The van der Waals surface area contributed by atoms with Crippen molar-refractivity contribution in [3.05, 3.63) is 67.5 Å². The topological polar surface area (TPSA) is 204 Å². The van der Waals surface area contributed by atoms with Gasteiger partial charge in [0.15, 0.2) is 6.61 Å². The van der Waals surface area contributed by atoms with Gasteiger partial charge in [-0.1, -0.05) is 18.2 Å². The lowest BCUT2D eigenvalue weighted by Crippen LogP contribution is -2.45. The summed E-state index contributed by atoms with van der Waals surface area (Å²) in [5.74, 6) is -1.84. The molecule has 2 aromatic rings. The van der Waals surface area contributed by atoms with Crippen LogP contribution in [0.3, 0.4) is 0 Å². The first-order chi connectivity index (χ1) is 16.7. The zero-order valence-electron chi connectivity index (χ0n) is 18.6. The van der Waals surface area contributed by atoms with Crippen molar-refractivity contribution in [3.8, 4) is 11.6 Å². The third-order valence-corrected chi connectivity index (χ3v) is 4.69. The van der Waals surface area contributed by atoms with Gasteiger partial charge in [0.25, 0.3) is 11.5 Å². The maximum atomic E-state index is 12.5. The average molecular weight is 486 g/mol. The van der Waals surface area contributed by atoms with Gasteiger partial charge in [-0.2, -0.15) is 5.10 Å². The third-order valence-electron chi connectivity index (χ3n) is 4.69. The van der Waals surface area contributed by atoms with E-state index >= 15 is 0 Å². The second-order valence-electron chi connectivity index (χ2n) is 7.08. The van der Waals surface area contributed by atoms with Crippen LogP contribution in [0.25, 0.3) is 0 Å². The minimum Gasteiger partial charge on any atom is -0.494 e. The molecule has 1 aliphatic heterocycles. The van der Waals surface area contributed by atoms with Gasteiger partial charge in [0.05, 0.1) is 24.4 Å². The summed E-state index contributed by atoms with van der Waals surface area (Å²) in [4.78, 5) is 63.4. The van der Waals surface area contributed by atoms with Gasteiger partial charge in [-0.05, 0) is 19.9 Å². The standard InChI is InChI=1S/C21H22N6O8/c1-3-34-19(31)15-10(2)23-20(32)24-16(15)11-6-4-5-7-13(11)35-9-14(28)27-22-8-12-17(29)25-21(33)26-18(12)30/h4-8,16H,3,9H2,1-2H3,(H,27,28)(H2,23,24,32)(H3,25,26,29,30,33). The molecule has 35 heavy (non-hydrogen) atoms. The molecule has 0 aliphatic carbocycles. The Morgan fingerprint density at radius 1 is 1.20 bits per heavy atom. The number of aromatic hydroxyl groups is 1. The van der Waals surface area contributed by atoms with Crippen LogP contribution in [-0.2, 0) is 14.3 Å². The van der Waals surface area contributed by atoms with E-state index in [1.165, 1.54) is 0 Å². The molecule has 1 atom stereocenters. The fourth-order valence-corrected chi connectivity index (χ4v) is 3.21. The number of aromatic nitrogens is 2. The second kappa shape index (κ2) is 10.8. The number of esters is 1. The Hall–Kier alpha value is -4.88. The number of benzene rings is 1. The number of rotatable bonds is 8. The predicted octanol–water partition coefficient (Wildman–Crippen LogP) is -0.511. The average Bonchev–Trinajstić information content (AvgIpc) is 2.79. The van der Waals surface area contributed by atoms with Crippen LogP contribution in [0.15, 0.2) is 50.2 Å². The molecule has 0 bridgehead atoms. The van der Waals surface area contributed by atoms with Gasteiger partial charge in [-0.3, -0.25) is 19.6 Å². The molecule has 0 fully saturated rings. The van der Waals surface area contributed by atoms with E-state index < -0.39 is 47.7 Å². The molecule has 0 saturated heterocycles. The number of hydrogen-bond donors (Lipinski definition) is 6. The summed E-state index contributed by atoms with van der Waals surface area (Å²) in [6.45, 7) is 2.85. The number of allylic oxidation sites excluding steroid dienone is 1. The Bertz CT molecular complexity index is 1330. The third kappa shape index (κ3) is 5.93. The summed E-state index contributed by atoms with van der Waals surface area (Å²) >= 11 is 0. The molecular weight excluding hydrogens is 464 g/mol. The first-order valence-electron chi connectivity index (χ1n) is 10.3. The van der Waals surface area contributed by atoms with Crippen LogP contribution in [0.1, 0.15) is 31.0 Å². The molecule has 14 nitrogen and oxygen atoms in total. The zero-order valence-corrected chi connectivity index (χ0v) is 18.6. The van der Waals surface area contributed by atoms with E-state index in [9.17, 15) is 29.1 Å². The molecule has 0 saturated carbocycles. The van der Waals surface area contributed by atoms with Crippen LogP contribution < -0.4 is 32.0 Å². The Labute approximate surface area is 197 Å². The van der Waals surface area contributed by atoms with E-state index in [0.29, 0.717) is 11.3 Å². The molecule has 0 spiro atoms. The Morgan fingerprint density at radius 2 is 1.94 bits per heavy atom. The van der Waals surface area contributed by atoms with Gasteiger partial charge in [0.1, 0.15) is 11.3 Å². The Balaban J connectivity index is 1.74. The first-order valence-corrected chi connectivity index (χ1v) is 10.3. The lowest BCUT2D eigenvalue weighted by Gasteiger charge is -2.29. The quantitative estimate of drug-likeness (QED) is 0.162. The minimum absolute atomic E-state index is 0.137. The lowest BCUT2D eigenvalue weighted by atomic mass is 9.95. The van der Waals surface area contributed by atoms with Gasteiger partial charge in [-0.25, -0.2) is 19.8 Å². The molecule has 184 valence electrons. The Morgan fingerprint density at radius 3 is 2.66 bits per heavy atom. The number of hydrazone groups is 1. The van der Waals surface area contributed by atoms with Gasteiger partial charge in [0, 0.05) is 11.3 Å². The van der Waals surface area contributed by atoms with Gasteiger partial charge in [0.2, 0.25) is 5.88 Å². The number of nitrogens with one attached hydrogen (secondary N) is 5. The number of H-pyrrole nitrogens is 2. The summed E-state index contributed by atoms with van der Waals surface area (Å²) in [5.41, 5.74) is 0.850. The molecule has 2 heterocycles. The van der Waals surface area contributed by atoms with E-state index in [0.717, 1.165) is 6.21 Å². The summed E-state index contributed by atoms with van der Waals surface area (Å²) in [6, 6.07) is 5.07. The molecule has 1 aromatic heterocycles. The maximum absolute atomic E-state index is 12.5. The molecular formula is C21H22N6O8. The molecule has 14 heteroatoms. The highest BCUT2D eigenvalue weighted by Gasteiger charge is 2.33. The fraction of sp³-hybridized carbons (Fsp3) is 0.238. The highest BCUT2D eigenvalue weighted by Crippen LogP contribution is 2.33. The van der Waals surface area contributed by atoms with Crippen molar-refractivity contribution in [3.63, 3.8) is 0 Å². The van der Waals surface area contributed by atoms with Crippen molar-refractivity contribution in [2.45, 2.75) is 19.9 Å². The highest BCUT2D eigenvalue weighted by atomic mass is 16.5. The number of aromatic amines is 2. The molecule has 1 aliphatic rings. The lowest BCUT2D eigenvalue weighted by molar-refractivity contribution is -0.139. The number of para-hydroxylation sites is 1. The number of carbonyl (C=O) groups is 3. The van der Waals surface area contributed by atoms with Crippen molar-refractivity contribution in [2.75, 3.05) is 13.2 Å². The van der Waals surface area contributed by atoms with Gasteiger partial charge >= 0.3 is 17.7 Å². The summed E-state index contributed by atoms with van der Waals surface area (Å²) in [5, 5.41) is 18.3. The molecule has 1 aromatic carbocycles. The molecule has 3 rings (SSSR count). The van der Waals surface area contributed by atoms with E-state index in [1.807, 2.05) is 9.97 Å². The molecule has 1 unspecified atom stereocenters. The van der Waals surface area contributed by atoms with Crippen molar-refractivity contribution in [1.82, 2.24) is 26.0 Å². The van der Waals surface area contributed by atoms with Crippen molar-refractivity contribution in [2.24, 2.45) is 5.10 Å². The zero-order chi connectivity index (χ0) is 25.5. The summed E-state index contributed by atoms with van der Waals surface area (Å²) in [7, 11) is 0. The molecule has 3 amide bonds. The monoisotopic (exact) mass is 486 g/mol. The van der Waals surface area contributed by atoms with Crippen LogP contribution in [0, 0.1) is 0 Å². The number of urea groups is 1. The number of amides is 3. The highest BCUT2D eigenvalue weighted by molar-refractivity contribution is 5.95. The van der Waals surface area contributed by atoms with Crippen LogP contribution in [0.5, 0.6) is 11.6 Å². The number of hydrogen-bond acceptors (Lipinski definition) is 9. The Kier molecular flexibility index (Phi) is 7.66. The summed E-state index contributed by atoms with van der Waals surface area (Å²) in [6.07, 6.45) is 0.847. The summed E-state index contributed by atoms with van der Waals surface area (Å²) < 4.78 is 10.7. The largest absolute Gasteiger partial charge is 0.494 e. The normalized spacial score (nSPS) is 15.4. The maximum Gasteiger partial charge on any atom is 0.338 e. The van der Waals surface area contributed by atoms with Crippen LogP contribution in [-0.4, -0.2) is 52.4 Å². The van der Waals surface area contributed by atoms with Crippen molar-refractivity contribution in [1.29, 1.82) is 0 Å². The first kappa shape index (κ1) is 24.8. The number of ether oxygens (including phenoxy) is 2. The minimum atomic E-state index is -0.904. The molecule has 0 radical (unpaired) electrons. The van der Waals surface area contributed by atoms with E-state index in [1.54, 1.807) is 38.1 Å². The van der Waals surface area contributed by atoms with Crippen molar-refractivity contribution < 1.29 is 29.0 Å². The number of carbonyl (C=O) groups excluding carboxylic acids is 3. The van der Waals surface area contributed by atoms with Crippen LogP contribution in [0.2, 0.25) is 0 Å². The van der Waals surface area contributed by atoms with Crippen molar-refractivity contribution >= 4 is 24.1 Å². The number of nitrogens with zero attached hydrogens (tertiary/aromatic N) is 1. The second-order valence-corrected chi connectivity index (χ2v) is 7.08. The fourth-order valence-electron chi connectivity index (χ4n) is 3.21. The van der Waals surface area contributed by atoms with Gasteiger partial charge < -0.3 is 25.2 Å². The van der Waals surface area contributed by atoms with Crippen LogP contribution in [0.4, 0.5) is 4.79 Å². The van der Waals surface area contributed by atoms with E-state index in [4.69, 9.17) is 9.47 Å². The van der Waals surface area contributed by atoms with Gasteiger partial charge in [-0.15, -0.1) is 0 Å². The SMILES string of the molecule is CCOC(=O)C1=C(C)NC(=O)NC1c1ccccc1OCC(=O)NN=Cc1c(O)[nH]c(=O)[nH]c1=O. The van der Waals surface area contributed by atoms with Crippen LogP contribution >= 0.6 is 0 Å². The predicted molar refractivity (Wildman–Crippen MR) is 121 cm³/mol. The van der Waals surface area contributed by atoms with E-state index in [2.05, 4.69) is 21.2 Å². The smallest absolute Gasteiger partial charge is 0.338 e. The van der Waals surface area contributed by atoms with E-state index in [-0.39, 0.29) is 23.5 Å². The molecule has 6 N–H and O–H groups in total.